The number of para-hydroxylation sites is 1. The molecular formula is C21H18Cl2N8. The fourth-order valence-corrected chi connectivity index (χ4v) is 3.27. The van der Waals surface area contributed by atoms with E-state index in [9.17, 15) is 0 Å². The SMILES string of the molecule is Cc1cc(C)n(-c2nc(N/N=C\c3ccc(Cl)cc3Cl)nc(Nc3ccccc3)n2)n1. The molecule has 0 amide bonds. The van der Waals surface area contributed by atoms with Crippen LogP contribution in [0.25, 0.3) is 5.95 Å². The van der Waals surface area contributed by atoms with E-state index in [1.54, 1.807) is 29.1 Å². The molecule has 0 unspecified atom stereocenters. The molecular weight excluding hydrogens is 435 g/mol. The van der Waals surface area contributed by atoms with Crippen LogP contribution in [-0.4, -0.2) is 30.9 Å². The first-order chi connectivity index (χ1) is 15.0. The second-order valence-electron chi connectivity index (χ2n) is 6.65. The quantitative estimate of drug-likeness (QED) is 0.309. The number of aryl methyl sites for hydroxylation is 2. The number of anilines is 3. The average Bonchev–Trinajstić information content (AvgIpc) is 3.08. The van der Waals surface area contributed by atoms with Crippen LogP contribution in [0, 0.1) is 13.8 Å². The number of hydrogen-bond acceptors (Lipinski definition) is 7. The number of rotatable bonds is 6. The van der Waals surface area contributed by atoms with Crippen LogP contribution in [0.1, 0.15) is 17.0 Å². The van der Waals surface area contributed by atoms with Crippen molar-refractivity contribution in [2.45, 2.75) is 13.8 Å². The molecule has 0 bridgehead atoms. The van der Waals surface area contributed by atoms with Gasteiger partial charge >= 0.3 is 0 Å². The molecule has 0 aliphatic rings. The van der Waals surface area contributed by atoms with Crippen molar-refractivity contribution in [3.05, 3.63) is 81.6 Å². The lowest BCUT2D eigenvalue weighted by Gasteiger charge is -2.09. The van der Waals surface area contributed by atoms with Crippen LogP contribution >= 0.6 is 23.2 Å². The van der Waals surface area contributed by atoms with Crippen molar-refractivity contribution in [1.82, 2.24) is 24.7 Å². The fraction of sp³-hybridized carbons (Fsp3) is 0.0952. The Hall–Kier alpha value is -3.49. The van der Waals surface area contributed by atoms with E-state index >= 15 is 0 Å². The van der Waals surface area contributed by atoms with Crippen molar-refractivity contribution in [2.75, 3.05) is 10.7 Å². The lowest BCUT2D eigenvalue weighted by Crippen LogP contribution is -2.11. The van der Waals surface area contributed by atoms with Gasteiger partial charge in [-0.15, -0.1) is 0 Å². The van der Waals surface area contributed by atoms with Gasteiger partial charge in [0.25, 0.3) is 5.95 Å². The third kappa shape index (κ3) is 5.17. The molecule has 0 spiro atoms. The molecule has 0 saturated heterocycles. The van der Waals surface area contributed by atoms with Crippen LogP contribution < -0.4 is 10.7 Å². The molecule has 8 nitrogen and oxygen atoms in total. The Morgan fingerprint density at radius 1 is 0.935 bits per heavy atom. The van der Waals surface area contributed by atoms with Gasteiger partial charge in [0.1, 0.15) is 0 Å². The summed E-state index contributed by atoms with van der Waals surface area (Å²) in [7, 11) is 0. The zero-order chi connectivity index (χ0) is 21.8. The van der Waals surface area contributed by atoms with Crippen LogP contribution in [0.15, 0.2) is 59.7 Å². The second-order valence-corrected chi connectivity index (χ2v) is 7.49. The first-order valence-corrected chi connectivity index (χ1v) is 10.1. The van der Waals surface area contributed by atoms with Gasteiger partial charge in [0.15, 0.2) is 0 Å². The van der Waals surface area contributed by atoms with Gasteiger partial charge in [-0.05, 0) is 44.2 Å². The number of nitrogens with zero attached hydrogens (tertiary/aromatic N) is 6. The Kier molecular flexibility index (Phi) is 6.11. The van der Waals surface area contributed by atoms with Gasteiger partial charge in [-0.3, -0.25) is 0 Å². The van der Waals surface area contributed by atoms with Crippen LogP contribution in [0.3, 0.4) is 0 Å². The summed E-state index contributed by atoms with van der Waals surface area (Å²) in [6.07, 6.45) is 1.57. The molecule has 10 heteroatoms. The molecule has 2 N–H and O–H groups in total. The summed E-state index contributed by atoms with van der Waals surface area (Å²) in [6.45, 7) is 3.84. The molecule has 0 radical (unpaired) electrons. The van der Waals surface area contributed by atoms with Gasteiger partial charge in [-0.25, -0.2) is 10.1 Å². The highest BCUT2D eigenvalue weighted by Gasteiger charge is 2.12. The number of hydrogen-bond donors (Lipinski definition) is 2. The van der Waals surface area contributed by atoms with Crippen LogP contribution in [-0.2, 0) is 0 Å². The largest absolute Gasteiger partial charge is 0.324 e. The van der Waals surface area contributed by atoms with E-state index < -0.39 is 0 Å². The molecule has 0 aliphatic carbocycles. The Labute approximate surface area is 189 Å². The summed E-state index contributed by atoms with van der Waals surface area (Å²) >= 11 is 12.1. The van der Waals surface area contributed by atoms with Crippen molar-refractivity contribution in [3.8, 4) is 5.95 Å². The highest BCUT2D eigenvalue weighted by molar-refractivity contribution is 6.36. The van der Waals surface area contributed by atoms with Crippen LogP contribution in [0.5, 0.6) is 0 Å². The summed E-state index contributed by atoms with van der Waals surface area (Å²) in [4.78, 5) is 13.4. The van der Waals surface area contributed by atoms with Crippen LogP contribution in [0.4, 0.5) is 17.6 Å². The third-order valence-electron chi connectivity index (χ3n) is 4.18. The summed E-state index contributed by atoms with van der Waals surface area (Å²) in [5.41, 5.74) is 6.14. The summed E-state index contributed by atoms with van der Waals surface area (Å²) in [5, 5.41) is 12.9. The van der Waals surface area contributed by atoms with Crippen molar-refractivity contribution in [3.63, 3.8) is 0 Å². The Morgan fingerprint density at radius 3 is 2.42 bits per heavy atom. The van der Waals surface area contributed by atoms with Gasteiger partial charge in [0.05, 0.1) is 16.9 Å². The van der Waals surface area contributed by atoms with Crippen molar-refractivity contribution in [1.29, 1.82) is 0 Å². The van der Waals surface area contributed by atoms with Crippen LogP contribution in [0.2, 0.25) is 10.0 Å². The fourth-order valence-electron chi connectivity index (χ4n) is 2.81. The minimum Gasteiger partial charge on any atom is -0.324 e. The van der Waals surface area contributed by atoms with E-state index in [1.165, 1.54) is 0 Å². The number of hydrazone groups is 1. The highest BCUT2D eigenvalue weighted by atomic mass is 35.5. The molecule has 0 saturated carbocycles. The summed E-state index contributed by atoms with van der Waals surface area (Å²) in [6, 6.07) is 16.7. The Balaban J connectivity index is 1.65. The Bertz CT molecular complexity index is 1240. The molecule has 0 fully saturated rings. The first-order valence-electron chi connectivity index (χ1n) is 9.34. The molecule has 4 aromatic rings. The number of nitrogens with one attached hydrogen (secondary N) is 2. The van der Waals surface area contributed by atoms with E-state index in [0.717, 1.165) is 17.1 Å². The predicted molar refractivity (Wildman–Crippen MR) is 124 cm³/mol. The topological polar surface area (TPSA) is 92.9 Å². The van der Waals surface area contributed by atoms with Crippen molar-refractivity contribution in [2.24, 2.45) is 5.10 Å². The van der Waals surface area contributed by atoms with Gasteiger partial charge in [0, 0.05) is 22.0 Å². The average molecular weight is 453 g/mol. The zero-order valence-corrected chi connectivity index (χ0v) is 18.2. The van der Waals surface area contributed by atoms with E-state index in [1.807, 2.05) is 50.2 Å². The monoisotopic (exact) mass is 452 g/mol. The lowest BCUT2D eigenvalue weighted by molar-refractivity contribution is 0.767. The zero-order valence-electron chi connectivity index (χ0n) is 16.7. The molecule has 0 aliphatic heterocycles. The van der Waals surface area contributed by atoms with E-state index in [0.29, 0.717) is 27.5 Å². The minimum atomic E-state index is 0.248. The maximum atomic E-state index is 6.19. The molecule has 0 atom stereocenters. The second kappa shape index (κ2) is 9.11. The van der Waals surface area contributed by atoms with E-state index in [-0.39, 0.29) is 5.95 Å². The smallest absolute Gasteiger partial charge is 0.257 e. The highest BCUT2D eigenvalue weighted by Crippen LogP contribution is 2.20. The Morgan fingerprint density at radius 2 is 1.71 bits per heavy atom. The number of aromatic nitrogens is 5. The first kappa shape index (κ1) is 20.8. The minimum absolute atomic E-state index is 0.248. The molecule has 2 aromatic heterocycles. The van der Waals surface area contributed by atoms with Crippen molar-refractivity contribution < 1.29 is 0 Å². The van der Waals surface area contributed by atoms with Gasteiger partial charge < -0.3 is 5.32 Å². The maximum Gasteiger partial charge on any atom is 0.257 e. The van der Waals surface area contributed by atoms with Gasteiger partial charge in [0.2, 0.25) is 11.9 Å². The maximum absolute atomic E-state index is 6.19. The third-order valence-corrected chi connectivity index (χ3v) is 4.75. The van der Waals surface area contributed by atoms with Gasteiger partial charge in [-0.2, -0.15) is 25.2 Å². The summed E-state index contributed by atoms with van der Waals surface area (Å²) < 4.78 is 1.65. The number of halogens is 2. The van der Waals surface area contributed by atoms with Crippen molar-refractivity contribution >= 4 is 47.0 Å². The molecule has 31 heavy (non-hydrogen) atoms. The normalized spacial score (nSPS) is 11.1. The van der Waals surface area contributed by atoms with E-state index in [2.05, 4.69) is 35.9 Å². The molecule has 4 rings (SSSR count). The van der Waals surface area contributed by atoms with Gasteiger partial charge in [-0.1, -0.05) is 47.5 Å². The molecule has 2 heterocycles. The molecule has 2 aromatic carbocycles. The predicted octanol–water partition coefficient (Wildman–Crippen LogP) is 5.17. The number of benzene rings is 2. The molecule has 156 valence electrons. The van der Waals surface area contributed by atoms with E-state index in [4.69, 9.17) is 23.2 Å². The standard InChI is InChI=1S/C21H18Cl2N8/c1-13-10-14(2)31(30-13)21-27-19(25-17-6-4-3-5-7-17)26-20(28-21)29-24-12-15-8-9-16(22)11-18(15)23/h3-12H,1-2H3,(H2,25,26,27,28,29)/b24-12-. The summed E-state index contributed by atoms with van der Waals surface area (Å²) in [5.74, 6) is 0.963. The lowest BCUT2D eigenvalue weighted by atomic mass is 10.2.